The maximum atomic E-state index is 12.6. The Hall–Kier alpha value is -3.14. The molecule has 0 unspecified atom stereocenters. The minimum Gasteiger partial charge on any atom is -0.348 e. The molecule has 0 saturated carbocycles. The van der Waals surface area contributed by atoms with Crippen LogP contribution in [0, 0.1) is 13.8 Å². The summed E-state index contributed by atoms with van der Waals surface area (Å²) >= 11 is 0. The number of anilines is 2. The van der Waals surface area contributed by atoms with Gasteiger partial charge in [-0.25, -0.2) is 4.98 Å². The van der Waals surface area contributed by atoms with E-state index < -0.39 is 0 Å². The largest absolute Gasteiger partial charge is 0.348 e. The number of hydrogen-bond donors (Lipinski definition) is 2. The third-order valence-corrected chi connectivity index (χ3v) is 3.99. The summed E-state index contributed by atoms with van der Waals surface area (Å²) in [6.45, 7) is 4.55. The Morgan fingerprint density at radius 2 is 1.80 bits per heavy atom. The summed E-state index contributed by atoms with van der Waals surface area (Å²) in [6, 6.07) is 19.6. The van der Waals surface area contributed by atoms with E-state index in [1.165, 1.54) is 0 Å². The number of hydrogen-bond acceptors (Lipinski definition) is 3. The number of amides is 1. The second kappa shape index (κ2) is 7.62. The normalized spacial score (nSPS) is 10.3. The zero-order valence-electron chi connectivity index (χ0n) is 14.4. The van der Waals surface area contributed by atoms with Crippen LogP contribution in [0.2, 0.25) is 0 Å². The van der Waals surface area contributed by atoms with Crippen molar-refractivity contribution in [3.63, 3.8) is 0 Å². The van der Waals surface area contributed by atoms with Gasteiger partial charge in [-0.3, -0.25) is 4.79 Å². The Morgan fingerprint density at radius 1 is 1.00 bits per heavy atom. The Labute approximate surface area is 147 Å². The van der Waals surface area contributed by atoms with E-state index >= 15 is 0 Å². The summed E-state index contributed by atoms with van der Waals surface area (Å²) in [5.74, 6) is 0.409. The Balaban J connectivity index is 1.78. The summed E-state index contributed by atoms with van der Waals surface area (Å²) in [6.07, 6.45) is 1.68. The van der Waals surface area contributed by atoms with Gasteiger partial charge in [-0.15, -0.1) is 0 Å². The number of nitrogens with zero attached hydrogens (tertiary/aromatic N) is 1. The fourth-order valence-electron chi connectivity index (χ4n) is 2.56. The van der Waals surface area contributed by atoms with E-state index in [0.717, 1.165) is 22.4 Å². The maximum Gasteiger partial charge on any atom is 0.255 e. The predicted octanol–water partition coefficient (Wildman–Crippen LogP) is 4.37. The molecular formula is C21H21N3O. The first-order valence-corrected chi connectivity index (χ1v) is 8.25. The van der Waals surface area contributed by atoms with E-state index in [-0.39, 0.29) is 5.91 Å². The van der Waals surface area contributed by atoms with Crippen LogP contribution in [0.3, 0.4) is 0 Å². The van der Waals surface area contributed by atoms with E-state index in [9.17, 15) is 4.79 Å². The Morgan fingerprint density at radius 3 is 2.60 bits per heavy atom. The molecule has 0 aliphatic carbocycles. The van der Waals surface area contributed by atoms with Gasteiger partial charge < -0.3 is 10.6 Å². The molecule has 0 spiro atoms. The Kier molecular flexibility index (Phi) is 5.09. The molecule has 0 aliphatic heterocycles. The van der Waals surface area contributed by atoms with Crippen molar-refractivity contribution in [1.29, 1.82) is 0 Å². The van der Waals surface area contributed by atoms with Crippen molar-refractivity contribution in [2.75, 3.05) is 5.32 Å². The van der Waals surface area contributed by atoms with Gasteiger partial charge in [-0.2, -0.15) is 0 Å². The molecule has 1 amide bonds. The van der Waals surface area contributed by atoms with Gasteiger partial charge in [0, 0.05) is 18.4 Å². The summed E-state index contributed by atoms with van der Waals surface area (Å²) < 4.78 is 0. The molecule has 4 heteroatoms. The lowest BCUT2D eigenvalue weighted by molar-refractivity contribution is 0.0951. The van der Waals surface area contributed by atoms with Crippen LogP contribution in [0.4, 0.5) is 11.5 Å². The third-order valence-electron chi connectivity index (χ3n) is 3.99. The summed E-state index contributed by atoms with van der Waals surface area (Å²) in [7, 11) is 0. The number of benzene rings is 2. The molecule has 3 rings (SSSR count). The van der Waals surface area contributed by atoms with Gasteiger partial charge in [0.15, 0.2) is 0 Å². The van der Waals surface area contributed by atoms with Gasteiger partial charge in [-0.05, 0) is 48.7 Å². The molecular weight excluding hydrogens is 310 g/mol. The van der Waals surface area contributed by atoms with Crippen LogP contribution >= 0.6 is 0 Å². The highest BCUT2D eigenvalue weighted by Crippen LogP contribution is 2.23. The highest BCUT2D eigenvalue weighted by molar-refractivity contribution is 5.99. The number of nitrogens with one attached hydrogen (secondary N) is 2. The lowest BCUT2D eigenvalue weighted by atomic mass is 10.1. The van der Waals surface area contributed by atoms with Crippen molar-refractivity contribution in [3.8, 4) is 0 Å². The third kappa shape index (κ3) is 4.23. The van der Waals surface area contributed by atoms with E-state index in [1.54, 1.807) is 18.3 Å². The zero-order valence-corrected chi connectivity index (χ0v) is 14.4. The van der Waals surface area contributed by atoms with Crippen LogP contribution in [0.1, 0.15) is 27.0 Å². The standard InChI is InChI=1S/C21H21N3O/c1-15-10-11-16(2)19(13-15)24-20-18(9-6-12-22-20)21(25)23-14-17-7-4-3-5-8-17/h3-13H,14H2,1-2H3,(H,22,24)(H,23,25). The van der Waals surface area contributed by atoms with Crippen molar-refractivity contribution in [2.45, 2.75) is 20.4 Å². The average Bonchev–Trinajstić information content (AvgIpc) is 2.64. The number of aromatic nitrogens is 1. The minimum absolute atomic E-state index is 0.148. The monoisotopic (exact) mass is 331 g/mol. The number of aryl methyl sites for hydroxylation is 2. The summed E-state index contributed by atoms with van der Waals surface area (Å²) in [5, 5.41) is 6.24. The molecule has 0 saturated heterocycles. The molecule has 2 N–H and O–H groups in total. The van der Waals surface area contributed by atoms with Crippen molar-refractivity contribution in [2.24, 2.45) is 0 Å². The van der Waals surface area contributed by atoms with E-state index in [2.05, 4.69) is 33.8 Å². The van der Waals surface area contributed by atoms with Gasteiger partial charge in [-0.1, -0.05) is 42.5 Å². The van der Waals surface area contributed by atoms with Gasteiger partial charge >= 0.3 is 0 Å². The topological polar surface area (TPSA) is 54.0 Å². The molecule has 1 aromatic heterocycles. The van der Waals surface area contributed by atoms with Crippen molar-refractivity contribution in [3.05, 3.63) is 89.1 Å². The van der Waals surface area contributed by atoms with Gasteiger partial charge in [0.05, 0.1) is 5.56 Å². The molecule has 4 nitrogen and oxygen atoms in total. The lowest BCUT2D eigenvalue weighted by Crippen LogP contribution is -2.24. The quantitative estimate of drug-likeness (QED) is 0.730. The molecule has 126 valence electrons. The molecule has 0 aliphatic rings. The van der Waals surface area contributed by atoms with Crippen LogP contribution in [0.5, 0.6) is 0 Å². The molecule has 0 atom stereocenters. The predicted molar refractivity (Wildman–Crippen MR) is 101 cm³/mol. The van der Waals surface area contributed by atoms with Gasteiger partial charge in [0.2, 0.25) is 0 Å². The maximum absolute atomic E-state index is 12.6. The van der Waals surface area contributed by atoms with Crippen LogP contribution in [0.25, 0.3) is 0 Å². The molecule has 0 fully saturated rings. The summed E-state index contributed by atoms with van der Waals surface area (Å²) in [5.41, 5.74) is 4.80. The highest BCUT2D eigenvalue weighted by atomic mass is 16.1. The first-order valence-electron chi connectivity index (χ1n) is 8.25. The highest BCUT2D eigenvalue weighted by Gasteiger charge is 2.13. The first kappa shape index (κ1) is 16.7. The SMILES string of the molecule is Cc1ccc(C)c(Nc2ncccc2C(=O)NCc2ccccc2)c1. The van der Waals surface area contributed by atoms with Crippen molar-refractivity contribution < 1.29 is 4.79 Å². The van der Waals surface area contributed by atoms with E-state index in [1.807, 2.05) is 44.2 Å². The fraction of sp³-hybridized carbons (Fsp3) is 0.143. The number of carbonyl (C=O) groups is 1. The van der Waals surface area contributed by atoms with Crippen LogP contribution in [-0.4, -0.2) is 10.9 Å². The summed E-state index contributed by atoms with van der Waals surface area (Å²) in [4.78, 5) is 16.9. The molecule has 3 aromatic rings. The minimum atomic E-state index is -0.148. The van der Waals surface area contributed by atoms with Crippen LogP contribution < -0.4 is 10.6 Å². The molecule has 0 radical (unpaired) electrons. The first-order chi connectivity index (χ1) is 12.1. The number of carbonyl (C=O) groups excluding carboxylic acids is 1. The van der Waals surface area contributed by atoms with E-state index in [0.29, 0.717) is 17.9 Å². The van der Waals surface area contributed by atoms with Gasteiger partial charge in [0.1, 0.15) is 5.82 Å². The smallest absolute Gasteiger partial charge is 0.255 e. The molecule has 2 aromatic carbocycles. The van der Waals surface area contributed by atoms with Crippen molar-refractivity contribution >= 4 is 17.4 Å². The fourth-order valence-corrected chi connectivity index (χ4v) is 2.56. The van der Waals surface area contributed by atoms with Crippen LogP contribution in [0.15, 0.2) is 66.9 Å². The number of pyridine rings is 1. The second-order valence-corrected chi connectivity index (χ2v) is 6.01. The van der Waals surface area contributed by atoms with E-state index in [4.69, 9.17) is 0 Å². The molecule has 25 heavy (non-hydrogen) atoms. The Bertz CT molecular complexity index is 875. The van der Waals surface area contributed by atoms with Crippen molar-refractivity contribution in [1.82, 2.24) is 10.3 Å². The molecule has 0 bridgehead atoms. The second-order valence-electron chi connectivity index (χ2n) is 6.01. The van der Waals surface area contributed by atoms with Gasteiger partial charge in [0.25, 0.3) is 5.91 Å². The average molecular weight is 331 g/mol. The van der Waals surface area contributed by atoms with Crippen LogP contribution in [-0.2, 0) is 6.54 Å². The zero-order chi connectivity index (χ0) is 17.6. The molecule has 1 heterocycles. The lowest BCUT2D eigenvalue weighted by Gasteiger charge is -2.13. The number of rotatable bonds is 5.